The average molecular weight is 390 g/mol. The number of carbonyl (C=O) groups excluding carboxylic acids is 1. The molecule has 138 valence electrons. The van der Waals surface area contributed by atoms with Crippen LogP contribution in [-0.2, 0) is 0 Å². The van der Waals surface area contributed by atoms with Crippen molar-refractivity contribution < 1.29 is 4.79 Å². The normalized spacial score (nSPS) is 10.8. The molecule has 0 N–H and O–H groups in total. The summed E-state index contributed by atoms with van der Waals surface area (Å²) in [5.74, 6) is 0.00371. The number of benzene rings is 2. The first-order chi connectivity index (χ1) is 12.0. The van der Waals surface area contributed by atoms with E-state index in [0.29, 0.717) is 12.1 Å². The zero-order valence-electron chi connectivity index (χ0n) is 15.5. The topological polar surface area (TPSA) is 36.4 Å². The zero-order valence-corrected chi connectivity index (χ0v) is 17.2. The van der Waals surface area contributed by atoms with Crippen LogP contribution in [0.1, 0.15) is 21.5 Å². The third-order valence-corrected chi connectivity index (χ3v) is 5.34. The van der Waals surface area contributed by atoms with Crippen molar-refractivity contribution in [2.24, 2.45) is 0 Å². The van der Waals surface area contributed by atoms with Crippen molar-refractivity contribution in [1.82, 2.24) is 9.88 Å². The first kappa shape index (κ1) is 20.4. The van der Waals surface area contributed by atoms with Gasteiger partial charge in [-0.25, -0.2) is 4.98 Å². The molecule has 1 amide bonds. The van der Waals surface area contributed by atoms with Gasteiger partial charge < -0.3 is 4.90 Å². The second-order valence-electron chi connectivity index (χ2n) is 6.52. The number of fused-ring (bicyclic) bond motifs is 1. The molecule has 3 rings (SSSR count). The third kappa shape index (κ3) is 4.41. The lowest BCUT2D eigenvalue weighted by Gasteiger charge is -2.22. The number of anilines is 1. The first-order valence-electron chi connectivity index (χ1n) is 8.35. The maximum Gasteiger partial charge on any atom is 0.260 e. The molecule has 0 radical (unpaired) electrons. The Morgan fingerprint density at radius 1 is 1.04 bits per heavy atom. The van der Waals surface area contributed by atoms with E-state index in [0.717, 1.165) is 27.5 Å². The van der Waals surface area contributed by atoms with E-state index in [4.69, 9.17) is 0 Å². The smallest absolute Gasteiger partial charge is 0.260 e. The SMILES string of the molecule is Cc1ccc(C(=O)N(CCN(C)C)c2nc3ccccc3s2)cc1C.Cl. The molecule has 0 aliphatic carbocycles. The van der Waals surface area contributed by atoms with Gasteiger partial charge in [0, 0.05) is 18.7 Å². The molecule has 6 heteroatoms. The second kappa shape index (κ2) is 8.62. The number of nitrogens with zero attached hydrogens (tertiary/aromatic N) is 3. The van der Waals surface area contributed by atoms with Crippen molar-refractivity contribution in [3.05, 3.63) is 59.2 Å². The summed E-state index contributed by atoms with van der Waals surface area (Å²) in [5.41, 5.74) is 3.96. The van der Waals surface area contributed by atoms with Crippen LogP contribution in [0.25, 0.3) is 10.2 Å². The van der Waals surface area contributed by atoms with Crippen LogP contribution in [0.2, 0.25) is 0 Å². The van der Waals surface area contributed by atoms with Crippen LogP contribution in [0, 0.1) is 13.8 Å². The van der Waals surface area contributed by atoms with Gasteiger partial charge in [-0.1, -0.05) is 29.5 Å². The monoisotopic (exact) mass is 389 g/mol. The fourth-order valence-corrected chi connectivity index (χ4v) is 3.58. The Kier molecular flexibility index (Phi) is 6.75. The standard InChI is InChI=1S/C20H23N3OS.ClH/c1-14-9-10-16(13-15(14)2)19(24)23(12-11-22(3)4)20-21-17-7-5-6-8-18(17)25-20;/h5-10,13H,11-12H2,1-4H3;1H. The summed E-state index contributed by atoms with van der Waals surface area (Å²) in [7, 11) is 4.02. The number of hydrogen-bond acceptors (Lipinski definition) is 4. The summed E-state index contributed by atoms with van der Waals surface area (Å²) in [5, 5.41) is 0.756. The van der Waals surface area contributed by atoms with Crippen LogP contribution in [0.4, 0.5) is 5.13 Å². The predicted octanol–water partition coefficient (Wildman–Crippen LogP) is 4.54. The maximum absolute atomic E-state index is 13.2. The molecule has 0 aliphatic heterocycles. The lowest BCUT2D eigenvalue weighted by Crippen LogP contribution is -2.36. The minimum Gasteiger partial charge on any atom is -0.308 e. The lowest BCUT2D eigenvalue weighted by molar-refractivity contribution is 0.0985. The van der Waals surface area contributed by atoms with Crippen molar-refractivity contribution in [3.63, 3.8) is 0 Å². The minimum absolute atomic E-state index is 0. The molecule has 26 heavy (non-hydrogen) atoms. The zero-order chi connectivity index (χ0) is 18.0. The van der Waals surface area contributed by atoms with Crippen LogP contribution in [0.15, 0.2) is 42.5 Å². The number of hydrogen-bond donors (Lipinski definition) is 0. The molecular weight excluding hydrogens is 366 g/mol. The average Bonchev–Trinajstić information content (AvgIpc) is 3.00. The number of para-hydroxylation sites is 1. The largest absolute Gasteiger partial charge is 0.308 e. The van der Waals surface area contributed by atoms with Crippen molar-refractivity contribution in [2.75, 3.05) is 32.1 Å². The Balaban J connectivity index is 0.00000243. The Morgan fingerprint density at radius 3 is 2.42 bits per heavy atom. The summed E-state index contributed by atoms with van der Waals surface area (Å²) in [6, 6.07) is 13.9. The Morgan fingerprint density at radius 2 is 1.77 bits per heavy atom. The second-order valence-corrected chi connectivity index (χ2v) is 7.53. The van der Waals surface area contributed by atoms with E-state index in [-0.39, 0.29) is 18.3 Å². The van der Waals surface area contributed by atoms with Gasteiger partial charge in [0.2, 0.25) is 0 Å². The molecule has 0 spiro atoms. The van der Waals surface area contributed by atoms with Gasteiger partial charge in [-0.05, 0) is 63.3 Å². The Labute approximate surface area is 164 Å². The highest BCUT2D eigenvalue weighted by atomic mass is 35.5. The van der Waals surface area contributed by atoms with E-state index in [1.165, 1.54) is 5.56 Å². The van der Waals surface area contributed by atoms with E-state index in [2.05, 4.69) is 16.8 Å². The van der Waals surface area contributed by atoms with Crippen LogP contribution < -0.4 is 4.90 Å². The van der Waals surface area contributed by atoms with Crippen molar-refractivity contribution in [2.45, 2.75) is 13.8 Å². The van der Waals surface area contributed by atoms with Crippen LogP contribution >= 0.6 is 23.7 Å². The van der Waals surface area contributed by atoms with E-state index < -0.39 is 0 Å². The van der Waals surface area contributed by atoms with Gasteiger partial charge in [0.05, 0.1) is 10.2 Å². The summed E-state index contributed by atoms with van der Waals surface area (Å²) in [6.45, 7) is 5.49. The van der Waals surface area contributed by atoms with Crippen LogP contribution in [0.5, 0.6) is 0 Å². The fraction of sp³-hybridized carbons (Fsp3) is 0.300. The molecule has 0 atom stereocenters. The molecule has 0 aliphatic rings. The first-order valence-corrected chi connectivity index (χ1v) is 9.17. The molecule has 3 aromatic rings. The number of carbonyl (C=O) groups is 1. The van der Waals surface area contributed by atoms with Gasteiger partial charge in [0.1, 0.15) is 0 Å². The molecule has 0 saturated carbocycles. The van der Waals surface area contributed by atoms with E-state index in [9.17, 15) is 4.79 Å². The molecular formula is C20H24ClN3OS. The number of likely N-dealkylation sites (N-methyl/N-ethyl adjacent to an activating group) is 1. The number of thiazole rings is 1. The number of rotatable bonds is 5. The summed E-state index contributed by atoms with van der Waals surface area (Å²) < 4.78 is 1.10. The maximum atomic E-state index is 13.2. The van der Waals surface area contributed by atoms with E-state index in [1.54, 1.807) is 16.2 Å². The highest BCUT2D eigenvalue weighted by Gasteiger charge is 2.21. The van der Waals surface area contributed by atoms with Crippen LogP contribution in [0.3, 0.4) is 0 Å². The quantitative estimate of drug-likeness (QED) is 0.642. The number of amides is 1. The number of aromatic nitrogens is 1. The molecule has 1 heterocycles. The third-order valence-electron chi connectivity index (χ3n) is 4.28. The highest BCUT2D eigenvalue weighted by molar-refractivity contribution is 7.22. The molecule has 0 fully saturated rings. The molecule has 4 nitrogen and oxygen atoms in total. The van der Waals surface area contributed by atoms with Gasteiger partial charge in [0.15, 0.2) is 5.13 Å². The molecule has 1 aromatic heterocycles. The van der Waals surface area contributed by atoms with Gasteiger partial charge in [-0.3, -0.25) is 9.69 Å². The van der Waals surface area contributed by atoms with E-state index >= 15 is 0 Å². The summed E-state index contributed by atoms with van der Waals surface area (Å²) in [6.07, 6.45) is 0. The Hall–Kier alpha value is -1.95. The highest BCUT2D eigenvalue weighted by Crippen LogP contribution is 2.29. The van der Waals surface area contributed by atoms with Crippen molar-refractivity contribution >= 4 is 45.0 Å². The minimum atomic E-state index is 0. The number of halogens is 1. The van der Waals surface area contributed by atoms with Crippen LogP contribution in [-0.4, -0.2) is 43.0 Å². The van der Waals surface area contributed by atoms with Crippen molar-refractivity contribution in [1.29, 1.82) is 0 Å². The summed E-state index contributed by atoms with van der Waals surface area (Å²) in [4.78, 5) is 21.7. The molecule has 0 bridgehead atoms. The number of aryl methyl sites for hydroxylation is 2. The molecule has 0 saturated heterocycles. The summed E-state index contributed by atoms with van der Waals surface area (Å²) >= 11 is 1.56. The van der Waals surface area contributed by atoms with E-state index in [1.807, 2.05) is 63.5 Å². The van der Waals surface area contributed by atoms with Gasteiger partial charge in [-0.2, -0.15) is 0 Å². The van der Waals surface area contributed by atoms with Crippen molar-refractivity contribution in [3.8, 4) is 0 Å². The van der Waals surface area contributed by atoms with Gasteiger partial charge in [0.25, 0.3) is 5.91 Å². The Bertz CT molecular complexity index is 874. The fourth-order valence-electron chi connectivity index (χ4n) is 2.59. The van der Waals surface area contributed by atoms with Gasteiger partial charge >= 0.3 is 0 Å². The predicted molar refractivity (Wildman–Crippen MR) is 113 cm³/mol. The molecule has 2 aromatic carbocycles. The molecule has 0 unspecified atom stereocenters. The van der Waals surface area contributed by atoms with Gasteiger partial charge in [-0.15, -0.1) is 12.4 Å². The lowest BCUT2D eigenvalue weighted by atomic mass is 10.1.